The van der Waals surface area contributed by atoms with E-state index in [4.69, 9.17) is 0 Å². The highest BCUT2D eigenvalue weighted by molar-refractivity contribution is 5.77. The molecule has 128 valence electrons. The number of hydrogen-bond acceptors (Lipinski definition) is 5. The fraction of sp³-hybridized carbons (Fsp3) is 0.562. The van der Waals surface area contributed by atoms with Crippen LogP contribution in [0.4, 0.5) is 0 Å². The van der Waals surface area contributed by atoms with E-state index in [1.54, 1.807) is 16.3 Å². The zero-order valence-electron chi connectivity index (χ0n) is 14.3. The number of carbonyl (C=O) groups is 2. The summed E-state index contributed by atoms with van der Waals surface area (Å²) in [6.45, 7) is 7.93. The lowest BCUT2D eigenvalue weighted by atomic mass is 10.1. The summed E-state index contributed by atoms with van der Waals surface area (Å²) in [5, 5.41) is 4.17. The summed E-state index contributed by atoms with van der Waals surface area (Å²) >= 11 is 0. The van der Waals surface area contributed by atoms with E-state index in [1.807, 2.05) is 18.7 Å². The van der Waals surface area contributed by atoms with Crippen molar-refractivity contribution < 1.29 is 9.59 Å². The standard InChI is InChI=1S/C16H22N6O2/c1-11-14(12(2)22-16(19-11)17-10-18-22)4-5-15(24)21-8-6-20(7-9-21)13(3)23/h10H,4-9H2,1-3H3. The summed E-state index contributed by atoms with van der Waals surface area (Å²) in [7, 11) is 0. The number of hydrogen-bond donors (Lipinski definition) is 0. The molecule has 1 aliphatic heterocycles. The Bertz CT molecular complexity index is 776. The SMILES string of the molecule is CC(=O)N1CCN(C(=O)CCc2c(C)nc3ncnn3c2C)CC1. The maximum Gasteiger partial charge on any atom is 0.252 e. The molecule has 8 nitrogen and oxygen atoms in total. The zero-order chi connectivity index (χ0) is 17.3. The van der Waals surface area contributed by atoms with Crippen LogP contribution < -0.4 is 0 Å². The lowest BCUT2D eigenvalue weighted by Crippen LogP contribution is -2.50. The van der Waals surface area contributed by atoms with Gasteiger partial charge in [-0.1, -0.05) is 0 Å². The Balaban J connectivity index is 1.64. The zero-order valence-corrected chi connectivity index (χ0v) is 14.3. The molecule has 0 bridgehead atoms. The normalized spacial score (nSPS) is 15.1. The summed E-state index contributed by atoms with van der Waals surface area (Å²) in [6.07, 6.45) is 2.55. The second kappa shape index (κ2) is 6.54. The van der Waals surface area contributed by atoms with Crippen molar-refractivity contribution in [3.05, 3.63) is 23.3 Å². The molecule has 0 N–H and O–H groups in total. The maximum atomic E-state index is 12.5. The fourth-order valence-corrected chi connectivity index (χ4v) is 3.18. The smallest absolute Gasteiger partial charge is 0.252 e. The molecule has 1 aliphatic rings. The Morgan fingerprint density at radius 2 is 1.79 bits per heavy atom. The average Bonchev–Trinajstić information content (AvgIpc) is 3.03. The van der Waals surface area contributed by atoms with Crippen LogP contribution in [0.5, 0.6) is 0 Å². The van der Waals surface area contributed by atoms with Gasteiger partial charge in [-0.25, -0.2) is 9.50 Å². The van der Waals surface area contributed by atoms with Gasteiger partial charge in [0.1, 0.15) is 6.33 Å². The number of fused-ring (bicyclic) bond motifs is 1. The number of nitrogens with zero attached hydrogens (tertiary/aromatic N) is 6. The summed E-state index contributed by atoms with van der Waals surface area (Å²) in [5.74, 6) is 0.775. The van der Waals surface area contributed by atoms with Crippen LogP contribution in [0.15, 0.2) is 6.33 Å². The summed E-state index contributed by atoms with van der Waals surface area (Å²) in [4.78, 5) is 36.0. The van der Waals surface area contributed by atoms with Gasteiger partial charge in [-0.15, -0.1) is 0 Å². The van der Waals surface area contributed by atoms with Crippen molar-refractivity contribution in [2.24, 2.45) is 0 Å². The molecule has 1 saturated heterocycles. The number of aryl methyl sites for hydroxylation is 2. The molecule has 0 unspecified atom stereocenters. The molecule has 1 fully saturated rings. The van der Waals surface area contributed by atoms with Crippen LogP contribution in [0.2, 0.25) is 0 Å². The molecule has 2 aromatic heterocycles. The third-order valence-corrected chi connectivity index (χ3v) is 4.66. The van der Waals surface area contributed by atoms with Crippen molar-refractivity contribution in [3.63, 3.8) is 0 Å². The van der Waals surface area contributed by atoms with Gasteiger partial charge in [0, 0.05) is 50.9 Å². The van der Waals surface area contributed by atoms with E-state index in [-0.39, 0.29) is 11.8 Å². The first-order chi connectivity index (χ1) is 11.5. The van der Waals surface area contributed by atoms with E-state index in [2.05, 4.69) is 15.1 Å². The second-order valence-corrected chi connectivity index (χ2v) is 6.12. The van der Waals surface area contributed by atoms with Crippen molar-refractivity contribution in [3.8, 4) is 0 Å². The van der Waals surface area contributed by atoms with E-state index in [1.165, 1.54) is 6.33 Å². The van der Waals surface area contributed by atoms with Gasteiger partial charge in [0.2, 0.25) is 11.8 Å². The molecule has 24 heavy (non-hydrogen) atoms. The molecule has 8 heteroatoms. The van der Waals surface area contributed by atoms with Crippen molar-refractivity contribution in [1.82, 2.24) is 29.4 Å². The van der Waals surface area contributed by atoms with Gasteiger partial charge in [0.15, 0.2) is 0 Å². The van der Waals surface area contributed by atoms with Gasteiger partial charge in [-0.05, 0) is 25.8 Å². The molecule has 0 aromatic carbocycles. The number of carbonyl (C=O) groups excluding carboxylic acids is 2. The maximum absolute atomic E-state index is 12.5. The first-order valence-electron chi connectivity index (χ1n) is 8.16. The third kappa shape index (κ3) is 3.08. The van der Waals surface area contributed by atoms with E-state index in [0.717, 1.165) is 17.0 Å². The van der Waals surface area contributed by atoms with Crippen LogP contribution in [0.1, 0.15) is 30.3 Å². The third-order valence-electron chi connectivity index (χ3n) is 4.66. The lowest BCUT2D eigenvalue weighted by Gasteiger charge is -2.34. The Morgan fingerprint density at radius 3 is 2.46 bits per heavy atom. The highest BCUT2D eigenvalue weighted by atomic mass is 16.2. The van der Waals surface area contributed by atoms with Crippen LogP contribution >= 0.6 is 0 Å². The van der Waals surface area contributed by atoms with E-state index in [0.29, 0.717) is 44.8 Å². The van der Waals surface area contributed by atoms with E-state index in [9.17, 15) is 9.59 Å². The quantitative estimate of drug-likeness (QED) is 0.811. The van der Waals surface area contributed by atoms with Crippen LogP contribution in [0, 0.1) is 13.8 Å². The van der Waals surface area contributed by atoms with Gasteiger partial charge in [0.05, 0.1) is 0 Å². The minimum Gasteiger partial charge on any atom is -0.339 e. The predicted molar refractivity (Wildman–Crippen MR) is 87.4 cm³/mol. The summed E-state index contributed by atoms with van der Waals surface area (Å²) < 4.78 is 1.71. The number of rotatable bonds is 3. The fourth-order valence-electron chi connectivity index (χ4n) is 3.18. The van der Waals surface area contributed by atoms with Gasteiger partial charge in [-0.2, -0.15) is 10.1 Å². The Hall–Kier alpha value is -2.51. The Labute approximate surface area is 140 Å². The monoisotopic (exact) mass is 330 g/mol. The molecule has 0 aliphatic carbocycles. The molecule has 2 amide bonds. The van der Waals surface area contributed by atoms with Crippen molar-refractivity contribution in [2.45, 2.75) is 33.6 Å². The van der Waals surface area contributed by atoms with Crippen LogP contribution in [0.25, 0.3) is 5.78 Å². The van der Waals surface area contributed by atoms with E-state index >= 15 is 0 Å². The van der Waals surface area contributed by atoms with Crippen molar-refractivity contribution in [2.75, 3.05) is 26.2 Å². The average molecular weight is 330 g/mol. The second-order valence-electron chi connectivity index (χ2n) is 6.12. The first kappa shape index (κ1) is 16.4. The predicted octanol–water partition coefficient (Wildman–Crippen LogP) is 0.364. The van der Waals surface area contributed by atoms with Crippen LogP contribution in [0.3, 0.4) is 0 Å². The Morgan fingerprint density at radius 1 is 1.12 bits per heavy atom. The molecule has 0 radical (unpaired) electrons. The highest BCUT2D eigenvalue weighted by Crippen LogP contribution is 2.16. The molecule has 0 spiro atoms. The number of amides is 2. The van der Waals surface area contributed by atoms with Crippen LogP contribution in [-0.4, -0.2) is 67.4 Å². The highest BCUT2D eigenvalue weighted by Gasteiger charge is 2.22. The Kier molecular flexibility index (Phi) is 4.46. The summed E-state index contributed by atoms with van der Waals surface area (Å²) in [6, 6.07) is 0. The minimum atomic E-state index is 0.0700. The molecule has 3 rings (SSSR count). The molecule has 3 heterocycles. The molecular weight excluding hydrogens is 308 g/mol. The topological polar surface area (TPSA) is 83.7 Å². The van der Waals surface area contributed by atoms with Crippen molar-refractivity contribution in [1.29, 1.82) is 0 Å². The number of aromatic nitrogens is 4. The van der Waals surface area contributed by atoms with Crippen LogP contribution in [-0.2, 0) is 16.0 Å². The molecule has 0 atom stereocenters. The van der Waals surface area contributed by atoms with Gasteiger partial charge >= 0.3 is 0 Å². The van der Waals surface area contributed by atoms with Gasteiger partial charge < -0.3 is 9.80 Å². The van der Waals surface area contributed by atoms with Gasteiger partial charge in [-0.3, -0.25) is 9.59 Å². The molecular formula is C16H22N6O2. The van der Waals surface area contributed by atoms with Crippen molar-refractivity contribution >= 4 is 17.6 Å². The largest absolute Gasteiger partial charge is 0.339 e. The molecule has 0 saturated carbocycles. The van der Waals surface area contributed by atoms with E-state index < -0.39 is 0 Å². The summed E-state index contributed by atoms with van der Waals surface area (Å²) in [5.41, 5.74) is 2.91. The first-order valence-corrected chi connectivity index (χ1v) is 8.16. The molecule has 2 aromatic rings. The van der Waals surface area contributed by atoms with Gasteiger partial charge in [0.25, 0.3) is 5.78 Å². The minimum absolute atomic E-state index is 0.0700. The lowest BCUT2D eigenvalue weighted by molar-refractivity contribution is -0.138. The number of piperazine rings is 1.